The van der Waals surface area contributed by atoms with Gasteiger partial charge in [-0.05, 0) is 5.92 Å². The Hall–Kier alpha value is -1.93. The van der Waals surface area contributed by atoms with Gasteiger partial charge < -0.3 is 11.1 Å². The smallest absolute Gasteiger partial charge is 0.383 e. The number of alkyl halides is 3. The molecule has 0 fully saturated rings. The van der Waals surface area contributed by atoms with Crippen LogP contribution in [0.4, 0.5) is 24.7 Å². The van der Waals surface area contributed by atoms with E-state index >= 15 is 0 Å². The van der Waals surface area contributed by atoms with Crippen molar-refractivity contribution in [1.29, 1.82) is 0 Å². The summed E-state index contributed by atoms with van der Waals surface area (Å²) in [7, 11) is 0. The molecule has 0 amide bonds. The molecule has 0 aliphatic rings. The maximum atomic E-state index is 12.1. The van der Waals surface area contributed by atoms with Crippen molar-refractivity contribution < 1.29 is 13.2 Å². The summed E-state index contributed by atoms with van der Waals surface area (Å²) < 4.78 is 37.4. The summed E-state index contributed by atoms with van der Waals surface area (Å²) in [6.07, 6.45) is -4.49. The number of anilines is 2. The number of nitrogens with two attached hydrogens (primary N) is 1. The summed E-state index contributed by atoms with van der Waals surface area (Å²) in [5, 5.41) is 1.91. The number of rotatable bonds is 4. The van der Waals surface area contributed by atoms with Crippen LogP contribution in [0.3, 0.4) is 0 Å². The van der Waals surface area contributed by atoms with Crippen LogP contribution in [-0.2, 0) is 6.54 Å². The zero-order valence-electron chi connectivity index (χ0n) is 10.5. The molecule has 1 aromatic rings. The van der Waals surface area contributed by atoms with Crippen LogP contribution in [-0.4, -0.2) is 22.3 Å². The van der Waals surface area contributed by atoms with Crippen molar-refractivity contribution in [2.45, 2.75) is 26.6 Å². The third kappa shape index (κ3) is 4.04. The van der Waals surface area contributed by atoms with Gasteiger partial charge in [-0.1, -0.05) is 13.8 Å². The Kier molecular flexibility index (Phi) is 4.28. The molecule has 0 bridgehead atoms. The van der Waals surface area contributed by atoms with Crippen LogP contribution in [0, 0.1) is 5.92 Å². The first-order valence-corrected chi connectivity index (χ1v) is 5.55. The Morgan fingerprint density at radius 2 is 1.95 bits per heavy atom. The number of H-pyrrole nitrogens is 1. The van der Waals surface area contributed by atoms with E-state index in [1.54, 1.807) is 13.8 Å². The molecule has 19 heavy (non-hydrogen) atoms. The Balaban J connectivity index is 3.18. The van der Waals surface area contributed by atoms with Gasteiger partial charge in [-0.15, -0.1) is 0 Å². The van der Waals surface area contributed by atoms with Crippen LogP contribution in [0.2, 0.25) is 0 Å². The van der Waals surface area contributed by atoms with Gasteiger partial charge in [0, 0.05) is 6.54 Å². The van der Waals surface area contributed by atoms with Gasteiger partial charge in [-0.2, -0.15) is 13.2 Å². The molecule has 0 saturated heterocycles. The molecule has 0 atom stereocenters. The standard InChI is InChI=1S/C10H15F3N4O2/c1-5(2)3-17-7(14)6(8(18)16-9(17)19)15-4-10(11,12)13/h5,15H,3-4,14H2,1-2H3,(H,16,18,19). The molecule has 0 aliphatic heterocycles. The summed E-state index contributed by atoms with van der Waals surface area (Å²) in [6, 6.07) is 0. The highest BCUT2D eigenvalue weighted by Gasteiger charge is 2.28. The Morgan fingerprint density at radius 3 is 2.42 bits per heavy atom. The summed E-state index contributed by atoms with van der Waals surface area (Å²) in [4.78, 5) is 24.9. The summed E-state index contributed by atoms with van der Waals surface area (Å²) >= 11 is 0. The van der Waals surface area contributed by atoms with Gasteiger partial charge in [0.1, 0.15) is 18.1 Å². The number of nitrogen functional groups attached to an aromatic ring is 1. The number of aromatic amines is 1. The van der Waals surface area contributed by atoms with Crippen molar-refractivity contribution in [3.8, 4) is 0 Å². The van der Waals surface area contributed by atoms with E-state index in [0.29, 0.717) is 0 Å². The maximum absolute atomic E-state index is 12.1. The molecule has 0 aliphatic carbocycles. The van der Waals surface area contributed by atoms with Crippen LogP contribution in [0.1, 0.15) is 13.8 Å². The Labute approximate surface area is 106 Å². The molecule has 1 aromatic heterocycles. The molecule has 0 radical (unpaired) electrons. The minimum absolute atomic E-state index is 0.0429. The fourth-order valence-electron chi connectivity index (χ4n) is 1.49. The number of nitrogens with zero attached hydrogens (tertiary/aromatic N) is 1. The topological polar surface area (TPSA) is 92.9 Å². The van der Waals surface area contributed by atoms with Crippen molar-refractivity contribution >= 4 is 11.5 Å². The second kappa shape index (κ2) is 5.37. The third-order valence-electron chi connectivity index (χ3n) is 2.25. The number of hydrogen-bond acceptors (Lipinski definition) is 4. The molecule has 1 heterocycles. The van der Waals surface area contributed by atoms with Crippen molar-refractivity contribution in [3.05, 3.63) is 20.8 Å². The van der Waals surface area contributed by atoms with Crippen LogP contribution in [0.5, 0.6) is 0 Å². The lowest BCUT2D eigenvalue weighted by Crippen LogP contribution is -2.36. The van der Waals surface area contributed by atoms with E-state index in [1.807, 2.05) is 10.3 Å². The number of aromatic nitrogens is 2. The average molecular weight is 280 g/mol. The molecule has 6 nitrogen and oxygen atoms in total. The van der Waals surface area contributed by atoms with Gasteiger partial charge in [0.15, 0.2) is 0 Å². The zero-order valence-corrected chi connectivity index (χ0v) is 10.5. The summed E-state index contributed by atoms with van der Waals surface area (Å²) in [5.41, 5.74) is 3.42. The minimum Gasteiger partial charge on any atom is -0.383 e. The third-order valence-corrected chi connectivity index (χ3v) is 2.25. The quantitative estimate of drug-likeness (QED) is 0.758. The van der Waals surface area contributed by atoms with Gasteiger partial charge in [-0.25, -0.2) is 4.79 Å². The van der Waals surface area contributed by atoms with E-state index in [9.17, 15) is 22.8 Å². The van der Waals surface area contributed by atoms with E-state index < -0.39 is 29.7 Å². The fraction of sp³-hybridized carbons (Fsp3) is 0.600. The van der Waals surface area contributed by atoms with E-state index in [2.05, 4.69) is 0 Å². The predicted octanol–water partition coefficient (Wildman–Crippen LogP) is 0.749. The molecule has 0 spiro atoms. The van der Waals surface area contributed by atoms with Gasteiger partial charge in [-0.3, -0.25) is 14.3 Å². The monoisotopic (exact) mass is 280 g/mol. The highest BCUT2D eigenvalue weighted by Crippen LogP contribution is 2.17. The first-order valence-electron chi connectivity index (χ1n) is 5.55. The molecule has 1 rings (SSSR count). The van der Waals surface area contributed by atoms with Crippen molar-refractivity contribution in [2.75, 3.05) is 17.6 Å². The van der Waals surface area contributed by atoms with Crippen LogP contribution >= 0.6 is 0 Å². The van der Waals surface area contributed by atoms with Gasteiger partial charge in [0.2, 0.25) is 0 Å². The minimum atomic E-state index is -4.49. The largest absolute Gasteiger partial charge is 0.405 e. The SMILES string of the molecule is CC(C)Cn1c(N)c(NCC(F)(F)F)c(=O)[nH]c1=O. The Morgan fingerprint density at radius 1 is 1.37 bits per heavy atom. The molecule has 108 valence electrons. The van der Waals surface area contributed by atoms with Crippen LogP contribution in [0.25, 0.3) is 0 Å². The highest BCUT2D eigenvalue weighted by atomic mass is 19.4. The van der Waals surface area contributed by atoms with Crippen LogP contribution < -0.4 is 22.3 Å². The molecule has 0 unspecified atom stereocenters. The summed E-state index contributed by atoms with van der Waals surface area (Å²) in [6.45, 7) is 2.40. The lowest BCUT2D eigenvalue weighted by atomic mass is 10.2. The van der Waals surface area contributed by atoms with Crippen molar-refractivity contribution in [1.82, 2.24) is 9.55 Å². The fourth-order valence-corrected chi connectivity index (χ4v) is 1.49. The maximum Gasteiger partial charge on any atom is 0.405 e. The van der Waals surface area contributed by atoms with E-state index in [4.69, 9.17) is 5.73 Å². The molecule has 4 N–H and O–H groups in total. The lowest BCUT2D eigenvalue weighted by molar-refractivity contribution is -0.115. The van der Waals surface area contributed by atoms with Gasteiger partial charge >= 0.3 is 11.9 Å². The number of hydrogen-bond donors (Lipinski definition) is 3. The second-order valence-corrected chi connectivity index (χ2v) is 4.49. The van der Waals surface area contributed by atoms with E-state index in [1.165, 1.54) is 0 Å². The molecule has 0 aromatic carbocycles. The molecular formula is C10H15F3N4O2. The van der Waals surface area contributed by atoms with Crippen molar-refractivity contribution in [3.63, 3.8) is 0 Å². The van der Waals surface area contributed by atoms with Crippen molar-refractivity contribution in [2.24, 2.45) is 5.92 Å². The molecule has 0 saturated carbocycles. The number of nitrogens with one attached hydrogen (secondary N) is 2. The predicted molar refractivity (Wildman–Crippen MR) is 65.1 cm³/mol. The van der Waals surface area contributed by atoms with Gasteiger partial charge in [0.25, 0.3) is 5.56 Å². The second-order valence-electron chi connectivity index (χ2n) is 4.49. The average Bonchev–Trinajstić information content (AvgIpc) is 2.21. The normalized spacial score (nSPS) is 11.9. The molecular weight excluding hydrogens is 265 g/mol. The van der Waals surface area contributed by atoms with E-state index in [-0.39, 0.29) is 18.3 Å². The van der Waals surface area contributed by atoms with Gasteiger partial charge in [0.05, 0.1) is 0 Å². The first kappa shape index (κ1) is 15.1. The number of halogens is 3. The Bertz CT molecular complexity index is 559. The molecule has 9 heteroatoms. The summed E-state index contributed by atoms with van der Waals surface area (Å²) in [5.74, 6) is -0.256. The van der Waals surface area contributed by atoms with E-state index in [0.717, 1.165) is 4.57 Å². The highest BCUT2D eigenvalue weighted by molar-refractivity contribution is 5.60. The lowest BCUT2D eigenvalue weighted by Gasteiger charge is -2.16. The first-order chi connectivity index (χ1) is 8.61. The van der Waals surface area contributed by atoms with Crippen LogP contribution in [0.15, 0.2) is 9.59 Å². The zero-order chi connectivity index (χ0) is 14.8.